The Labute approximate surface area is 113 Å². The van der Waals surface area contributed by atoms with Crippen LogP contribution in [0.3, 0.4) is 0 Å². The van der Waals surface area contributed by atoms with Crippen LogP contribution in [0.15, 0.2) is 24.3 Å². The molecular weight excluding hydrogens is 275 g/mol. The standard InChI is InChI=1S/C12H10ClFN2O3/c1-2-19-12(18)9-6-11(17)16(15-9)10-5-7(14)3-4-8(10)13/h3-6,17H,2H2,1H3. The molecule has 0 amide bonds. The Balaban J connectivity index is 2.46. The Bertz CT molecular complexity index is 627. The van der Waals surface area contributed by atoms with Gasteiger partial charge in [0.25, 0.3) is 0 Å². The highest BCUT2D eigenvalue weighted by Gasteiger charge is 2.17. The second-order valence-electron chi connectivity index (χ2n) is 3.62. The van der Waals surface area contributed by atoms with Crippen LogP contribution in [-0.2, 0) is 4.74 Å². The average molecular weight is 285 g/mol. The molecule has 7 heteroatoms. The third-order valence-electron chi connectivity index (χ3n) is 2.31. The molecule has 0 aliphatic heterocycles. The quantitative estimate of drug-likeness (QED) is 0.880. The largest absolute Gasteiger partial charge is 0.493 e. The molecule has 1 N–H and O–H groups in total. The topological polar surface area (TPSA) is 64.3 Å². The van der Waals surface area contributed by atoms with Crippen molar-refractivity contribution in [2.24, 2.45) is 0 Å². The van der Waals surface area contributed by atoms with Crippen LogP contribution in [0.2, 0.25) is 5.02 Å². The molecule has 0 saturated heterocycles. The first-order valence-electron chi connectivity index (χ1n) is 5.44. The van der Waals surface area contributed by atoms with Crippen molar-refractivity contribution in [1.82, 2.24) is 9.78 Å². The van der Waals surface area contributed by atoms with Gasteiger partial charge in [0.15, 0.2) is 5.69 Å². The van der Waals surface area contributed by atoms with Crippen molar-refractivity contribution in [3.8, 4) is 11.6 Å². The number of hydrogen-bond acceptors (Lipinski definition) is 4. The Morgan fingerprint density at radius 2 is 2.26 bits per heavy atom. The summed E-state index contributed by atoms with van der Waals surface area (Å²) in [7, 11) is 0. The molecule has 0 saturated carbocycles. The fourth-order valence-electron chi connectivity index (χ4n) is 1.50. The van der Waals surface area contributed by atoms with E-state index in [4.69, 9.17) is 16.3 Å². The van der Waals surface area contributed by atoms with Crippen LogP contribution in [0.1, 0.15) is 17.4 Å². The fraction of sp³-hybridized carbons (Fsp3) is 0.167. The van der Waals surface area contributed by atoms with Gasteiger partial charge < -0.3 is 9.84 Å². The van der Waals surface area contributed by atoms with E-state index in [0.717, 1.165) is 16.8 Å². The molecule has 0 fully saturated rings. The molecule has 1 heterocycles. The van der Waals surface area contributed by atoms with Crippen molar-refractivity contribution in [2.75, 3.05) is 6.61 Å². The predicted molar refractivity (Wildman–Crippen MR) is 66.2 cm³/mol. The molecule has 0 aliphatic rings. The van der Waals surface area contributed by atoms with Gasteiger partial charge in [-0.1, -0.05) is 11.6 Å². The molecule has 19 heavy (non-hydrogen) atoms. The van der Waals surface area contributed by atoms with E-state index in [1.165, 1.54) is 12.1 Å². The number of aromatic nitrogens is 2. The summed E-state index contributed by atoms with van der Waals surface area (Å²) in [6.07, 6.45) is 0. The normalized spacial score (nSPS) is 10.5. The van der Waals surface area contributed by atoms with Crippen LogP contribution in [0.5, 0.6) is 5.88 Å². The molecule has 2 rings (SSSR count). The van der Waals surface area contributed by atoms with Crippen LogP contribution in [0, 0.1) is 5.82 Å². The summed E-state index contributed by atoms with van der Waals surface area (Å²) >= 11 is 5.90. The van der Waals surface area contributed by atoms with Gasteiger partial charge in [-0.25, -0.2) is 9.18 Å². The first-order valence-corrected chi connectivity index (χ1v) is 5.82. The Hall–Kier alpha value is -2.08. The number of carbonyl (C=O) groups is 1. The van der Waals surface area contributed by atoms with Crippen molar-refractivity contribution < 1.29 is 19.0 Å². The van der Waals surface area contributed by atoms with Crippen LogP contribution in [-0.4, -0.2) is 27.5 Å². The molecule has 5 nitrogen and oxygen atoms in total. The first kappa shape index (κ1) is 13.4. The lowest BCUT2D eigenvalue weighted by atomic mass is 10.3. The van der Waals surface area contributed by atoms with E-state index < -0.39 is 11.8 Å². The number of nitrogens with zero attached hydrogens (tertiary/aromatic N) is 2. The Morgan fingerprint density at radius 1 is 1.53 bits per heavy atom. The highest BCUT2D eigenvalue weighted by Crippen LogP contribution is 2.25. The molecule has 0 spiro atoms. The lowest BCUT2D eigenvalue weighted by Gasteiger charge is -2.05. The number of aromatic hydroxyl groups is 1. The van der Waals surface area contributed by atoms with Gasteiger partial charge in [-0.15, -0.1) is 0 Å². The zero-order valence-corrected chi connectivity index (χ0v) is 10.7. The minimum absolute atomic E-state index is 0.0836. The summed E-state index contributed by atoms with van der Waals surface area (Å²) in [4.78, 5) is 11.5. The van der Waals surface area contributed by atoms with E-state index in [9.17, 15) is 14.3 Å². The minimum Gasteiger partial charge on any atom is -0.493 e. The lowest BCUT2D eigenvalue weighted by molar-refractivity contribution is 0.0519. The van der Waals surface area contributed by atoms with Crippen molar-refractivity contribution >= 4 is 17.6 Å². The number of benzene rings is 1. The van der Waals surface area contributed by atoms with Gasteiger partial charge in [-0.05, 0) is 19.1 Å². The van der Waals surface area contributed by atoms with Crippen LogP contribution in [0.4, 0.5) is 4.39 Å². The summed E-state index contributed by atoms with van der Waals surface area (Å²) < 4.78 is 18.9. The zero-order valence-electron chi connectivity index (χ0n) is 9.93. The van der Waals surface area contributed by atoms with Crippen molar-refractivity contribution in [1.29, 1.82) is 0 Å². The van der Waals surface area contributed by atoms with Gasteiger partial charge in [0.1, 0.15) is 5.82 Å². The van der Waals surface area contributed by atoms with Crippen LogP contribution in [0.25, 0.3) is 5.69 Å². The number of halogens is 2. The molecule has 0 radical (unpaired) electrons. The van der Waals surface area contributed by atoms with E-state index in [2.05, 4.69) is 5.10 Å². The maximum absolute atomic E-state index is 13.2. The molecule has 0 atom stereocenters. The fourth-order valence-corrected chi connectivity index (χ4v) is 1.70. The summed E-state index contributed by atoms with van der Waals surface area (Å²) in [5, 5.41) is 13.8. The molecule has 0 bridgehead atoms. The Morgan fingerprint density at radius 3 is 2.95 bits per heavy atom. The van der Waals surface area contributed by atoms with Crippen LogP contribution >= 0.6 is 11.6 Å². The molecule has 1 aromatic carbocycles. The second kappa shape index (κ2) is 5.27. The molecule has 100 valence electrons. The van der Waals surface area contributed by atoms with Crippen molar-refractivity contribution in [2.45, 2.75) is 6.92 Å². The highest BCUT2D eigenvalue weighted by molar-refractivity contribution is 6.32. The van der Waals surface area contributed by atoms with Gasteiger partial charge in [0.2, 0.25) is 5.88 Å². The third kappa shape index (κ3) is 2.68. The summed E-state index contributed by atoms with van der Waals surface area (Å²) in [6, 6.07) is 4.74. The maximum atomic E-state index is 13.2. The number of ether oxygens (including phenoxy) is 1. The number of carbonyl (C=O) groups excluding carboxylic acids is 1. The van der Waals surface area contributed by atoms with E-state index >= 15 is 0 Å². The average Bonchev–Trinajstić information content (AvgIpc) is 2.75. The van der Waals surface area contributed by atoms with E-state index in [1.807, 2.05) is 0 Å². The number of esters is 1. The second-order valence-corrected chi connectivity index (χ2v) is 4.02. The SMILES string of the molecule is CCOC(=O)c1cc(O)n(-c2cc(F)ccc2Cl)n1. The Kier molecular flexibility index (Phi) is 3.71. The molecular formula is C12H10ClFN2O3. The summed E-state index contributed by atoms with van der Waals surface area (Å²) in [6.45, 7) is 1.84. The van der Waals surface area contributed by atoms with Crippen molar-refractivity contribution in [3.63, 3.8) is 0 Å². The third-order valence-corrected chi connectivity index (χ3v) is 2.63. The van der Waals surface area contributed by atoms with Gasteiger partial charge in [-0.3, -0.25) is 0 Å². The van der Waals surface area contributed by atoms with Crippen LogP contribution < -0.4 is 0 Å². The van der Waals surface area contributed by atoms with Gasteiger partial charge in [0.05, 0.1) is 17.3 Å². The van der Waals surface area contributed by atoms with Gasteiger partial charge in [-0.2, -0.15) is 9.78 Å². The molecule has 0 unspecified atom stereocenters. The minimum atomic E-state index is -0.677. The lowest BCUT2D eigenvalue weighted by Crippen LogP contribution is -2.07. The number of hydrogen-bond donors (Lipinski definition) is 1. The van der Waals surface area contributed by atoms with Crippen molar-refractivity contribution in [3.05, 3.63) is 40.8 Å². The first-order chi connectivity index (χ1) is 9.02. The van der Waals surface area contributed by atoms with E-state index in [-0.39, 0.29) is 28.9 Å². The zero-order chi connectivity index (χ0) is 14.0. The van der Waals surface area contributed by atoms with E-state index in [0.29, 0.717) is 0 Å². The van der Waals surface area contributed by atoms with Gasteiger partial charge in [0, 0.05) is 12.1 Å². The molecule has 2 aromatic rings. The van der Waals surface area contributed by atoms with Gasteiger partial charge >= 0.3 is 5.97 Å². The van der Waals surface area contributed by atoms with E-state index in [1.54, 1.807) is 6.92 Å². The monoisotopic (exact) mass is 284 g/mol. The summed E-state index contributed by atoms with van der Waals surface area (Å²) in [5.74, 6) is -1.55. The summed E-state index contributed by atoms with van der Waals surface area (Å²) in [5.41, 5.74) is 0.0504. The highest BCUT2D eigenvalue weighted by atomic mass is 35.5. The number of rotatable bonds is 3. The smallest absolute Gasteiger partial charge is 0.358 e. The maximum Gasteiger partial charge on any atom is 0.358 e. The molecule has 1 aromatic heterocycles. The predicted octanol–water partition coefficient (Wildman–Crippen LogP) is 2.55. The molecule has 0 aliphatic carbocycles.